The molecule has 3 N–H and O–H groups in total. The Morgan fingerprint density at radius 1 is 1.39 bits per heavy atom. The zero-order valence-corrected chi connectivity index (χ0v) is 11.6. The van der Waals surface area contributed by atoms with Crippen molar-refractivity contribution in [2.45, 2.75) is 44.7 Å². The molecule has 18 heavy (non-hydrogen) atoms. The SMILES string of the molecule is CC1CS(=O)(=O)CCN1C(=NC1CCCC1)NN. The molecule has 0 aromatic heterocycles. The van der Waals surface area contributed by atoms with Gasteiger partial charge in [-0.3, -0.25) is 5.43 Å². The molecule has 0 aromatic rings. The molecule has 2 fully saturated rings. The second kappa shape index (κ2) is 5.44. The Hall–Kier alpha value is -0.820. The largest absolute Gasteiger partial charge is 0.337 e. The van der Waals surface area contributed by atoms with E-state index in [1.165, 1.54) is 12.8 Å². The van der Waals surface area contributed by atoms with E-state index in [0.29, 0.717) is 18.5 Å². The van der Waals surface area contributed by atoms with E-state index in [1.807, 2.05) is 11.8 Å². The van der Waals surface area contributed by atoms with Crippen molar-refractivity contribution in [3.05, 3.63) is 0 Å². The van der Waals surface area contributed by atoms with Crippen LogP contribution >= 0.6 is 0 Å². The molecule has 1 aliphatic heterocycles. The first kappa shape index (κ1) is 13.6. The summed E-state index contributed by atoms with van der Waals surface area (Å²) in [7, 11) is -2.90. The van der Waals surface area contributed by atoms with Gasteiger partial charge in [0.15, 0.2) is 9.84 Å². The lowest BCUT2D eigenvalue weighted by Gasteiger charge is -2.35. The molecule has 1 saturated heterocycles. The maximum absolute atomic E-state index is 11.5. The molecule has 1 atom stereocenters. The fourth-order valence-electron chi connectivity index (χ4n) is 2.71. The molecule has 0 aromatic carbocycles. The van der Waals surface area contributed by atoms with Gasteiger partial charge in [-0.05, 0) is 19.8 Å². The predicted octanol–water partition coefficient (Wildman–Crippen LogP) is -0.133. The number of hydrogen-bond donors (Lipinski definition) is 2. The van der Waals surface area contributed by atoms with Gasteiger partial charge in [-0.1, -0.05) is 12.8 Å². The molecule has 1 unspecified atom stereocenters. The Labute approximate surface area is 109 Å². The molecule has 1 aliphatic carbocycles. The van der Waals surface area contributed by atoms with Crippen LogP contribution in [0.25, 0.3) is 0 Å². The van der Waals surface area contributed by atoms with Gasteiger partial charge < -0.3 is 4.90 Å². The highest BCUT2D eigenvalue weighted by atomic mass is 32.2. The third-order valence-electron chi connectivity index (χ3n) is 3.70. The van der Waals surface area contributed by atoms with Gasteiger partial charge in [0.25, 0.3) is 0 Å². The summed E-state index contributed by atoms with van der Waals surface area (Å²) in [6.07, 6.45) is 4.64. The lowest BCUT2D eigenvalue weighted by molar-refractivity contribution is 0.338. The molecule has 104 valence electrons. The van der Waals surface area contributed by atoms with Gasteiger partial charge >= 0.3 is 0 Å². The van der Waals surface area contributed by atoms with E-state index in [4.69, 9.17) is 5.84 Å². The smallest absolute Gasteiger partial charge is 0.208 e. The summed E-state index contributed by atoms with van der Waals surface area (Å²) in [5, 5.41) is 0. The first-order chi connectivity index (χ1) is 8.52. The number of nitrogens with two attached hydrogens (primary N) is 1. The van der Waals surface area contributed by atoms with Crippen molar-refractivity contribution in [1.82, 2.24) is 10.3 Å². The molecule has 6 nitrogen and oxygen atoms in total. The summed E-state index contributed by atoms with van der Waals surface area (Å²) in [6, 6.07) is 0.265. The van der Waals surface area contributed by atoms with Crippen molar-refractivity contribution in [3.8, 4) is 0 Å². The number of hydrazine groups is 1. The van der Waals surface area contributed by atoms with Crippen molar-refractivity contribution in [1.29, 1.82) is 0 Å². The summed E-state index contributed by atoms with van der Waals surface area (Å²) in [5.74, 6) is 6.54. The van der Waals surface area contributed by atoms with Crippen LogP contribution in [0, 0.1) is 0 Å². The molecule has 7 heteroatoms. The predicted molar refractivity (Wildman–Crippen MR) is 71.8 cm³/mol. The maximum atomic E-state index is 11.5. The molecule has 2 rings (SSSR count). The van der Waals surface area contributed by atoms with Crippen LogP contribution in [0.1, 0.15) is 32.6 Å². The molecule has 0 spiro atoms. The molecule has 1 heterocycles. The van der Waals surface area contributed by atoms with Crippen molar-refractivity contribution in [2.75, 3.05) is 18.1 Å². The first-order valence-electron chi connectivity index (χ1n) is 6.53. The van der Waals surface area contributed by atoms with Crippen LogP contribution in [0.4, 0.5) is 0 Å². The molecule has 2 aliphatic rings. The molecule has 1 saturated carbocycles. The minimum absolute atomic E-state index is 0.0695. The van der Waals surface area contributed by atoms with Crippen molar-refractivity contribution < 1.29 is 8.42 Å². The standard InChI is InChI=1S/C11H22N4O2S/c1-9-8-18(16,17)7-6-15(9)11(14-12)13-10-4-2-3-5-10/h9-10H,2-8,12H2,1H3,(H,13,14). The van der Waals surface area contributed by atoms with Crippen LogP contribution in [0.5, 0.6) is 0 Å². The second-order valence-corrected chi connectivity index (χ2v) is 7.42. The maximum Gasteiger partial charge on any atom is 0.208 e. The summed E-state index contributed by atoms with van der Waals surface area (Å²) in [4.78, 5) is 6.60. The van der Waals surface area contributed by atoms with E-state index in [-0.39, 0.29) is 17.5 Å². The summed E-state index contributed by atoms with van der Waals surface area (Å²) in [6.45, 7) is 2.37. The third-order valence-corrected chi connectivity index (χ3v) is 5.50. The summed E-state index contributed by atoms with van der Waals surface area (Å²) >= 11 is 0. The molecule has 0 amide bonds. The highest BCUT2D eigenvalue weighted by Crippen LogP contribution is 2.21. The Balaban J connectivity index is 2.08. The van der Waals surface area contributed by atoms with Crippen molar-refractivity contribution in [2.24, 2.45) is 10.8 Å². The molecule has 0 radical (unpaired) electrons. The number of nitrogens with zero attached hydrogens (tertiary/aromatic N) is 2. The molecular weight excluding hydrogens is 252 g/mol. The topological polar surface area (TPSA) is 87.8 Å². The van der Waals surface area contributed by atoms with E-state index in [2.05, 4.69) is 10.4 Å². The molecule has 0 bridgehead atoms. The van der Waals surface area contributed by atoms with Gasteiger partial charge in [-0.15, -0.1) is 0 Å². The van der Waals surface area contributed by atoms with Crippen LogP contribution in [-0.4, -0.2) is 49.4 Å². The highest BCUT2D eigenvalue weighted by molar-refractivity contribution is 7.91. The van der Waals surface area contributed by atoms with Gasteiger partial charge in [0.2, 0.25) is 5.96 Å². The third kappa shape index (κ3) is 3.14. The van der Waals surface area contributed by atoms with Crippen LogP contribution in [0.3, 0.4) is 0 Å². The monoisotopic (exact) mass is 274 g/mol. The van der Waals surface area contributed by atoms with E-state index >= 15 is 0 Å². The fourth-order valence-corrected chi connectivity index (χ4v) is 4.27. The van der Waals surface area contributed by atoms with E-state index in [9.17, 15) is 8.42 Å². The van der Waals surface area contributed by atoms with Crippen LogP contribution < -0.4 is 11.3 Å². The number of rotatable bonds is 1. The fraction of sp³-hybridized carbons (Fsp3) is 0.909. The van der Waals surface area contributed by atoms with E-state index < -0.39 is 9.84 Å². The van der Waals surface area contributed by atoms with E-state index in [0.717, 1.165) is 12.8 Å². The highest BCUT2D eigenvalue weighted by Gasteiger charge is 2.30. The van der Waals surface area contributed by atoms with Crippen molar-refractivity contribution >= 4 is 15.8 Å². The Kier molecular flexibility index (Phi) is 4.11. The number of hydrogen-bond acceptors (Lipinski definition) is 4. The Morgan fingerprint density at radius 2 is 2.06 bits per heavy atom. The van der Waals surface area contributed by atoms with Gasteiger partial charge in [0.1, 0.15) is 0 Å². The van der Waals surface area contributed by atoms with Gasteiger partial charge in [-0.25, -0.2) is 19.3 Å². The van der Waals surface area contributed by atoms with Gasteiger partial charge in [0.05, 0.1) is 17.5 Å². The average molecular weight is 274 g/mol. The Morgan fingerprint density at radius 3 is 2.61 bits per heavy atom. The zero-order chi connectivity index (χ0) is 13.2. The number of guanidine groups is 1. The number of nitrogens with one attached hydrogen (secondary N) is 1. The minimum Gasteiger partial charge on any atom is -0.337 e. The lowest BCUT2D eigenvalue weighted by atomic mass is 10.3. The first-order valence-corrected chi connectivity index (χ1v) is 8.35. The van der Waals surface area contributed by atoms with Gasteiger partial charge in [-0.2, -0.15) is 0 Å². The molecular formula is C11H22N4O2S. The van der Waals surface area contributed by atoms with Gasteiger partial charge in [0, 0.05) is 12.6 Å². The van der Waals surface area contributed by atoms with E-state index in [1.54, 1.807) is 0 Å². The van der Waals surface area contributed by atoms with Crippen LogP contribution in [0.2, 0.25) is 0 Å². The average Bonchev–Trinajstić information content (AvgIpc) is 2.78. The van der Waals surface area contributed by atoms with Crippen LogP contribution in [-0.2, 0) is 9.84 Å². The summed E-state index contributed by atoms with van der Waals surface area (Å²) in [5.41, 5.74) is 2.64. The minimum atomic E-state index is -2.90. The Bertz CT molecular complexity index is 415. The van der Waals surface area contributed by atoms with Crippen LogP contribution in [0.15, 0.2) is 4.99 Å². The normalized spacial score (nSPS) is 29.6. The lowest BCUT2D eigenvalue weighted by Crippen LogP contribution is -2.55. The quantitative estimate of drug-likeness (QED) is 0.301. The second-order valence-electron chi connectivity index (χ2n) is 5.19. The van der Waals surface area contributed by atoms with Crippen molar-refractivity contribution in [3.63, 3.8) is 0 Å². The number of aliphatic imine (C=N–C) groups is 1. The summed E-state index contributed by atoms with van der Waals surface area (Å²) < 4.78 is 23.1. The zero-order valence-electron chi connectivity index (χ0n) is 10.8. The number of sulfone groups is 1.